The highest BCUT2D eigenvalue weighted by molar-refractivity contribution is 5.80. The van der Waals surface area contributed by atoms with Crippen molar-refractivity contribution in [2.75, 3.05) is 112 Å². The van der Waals surface area contributed by atoms with Crippen molar-refractivity contribution in [3.8, 4) is 0 Å². The third kappa shape index (κ3) is 29.0. The molecule has 374 valence electrons. The van der Waals surface area contributed by atoms with Crippen molar-refractivity contribution in [1.82, 2.24) is 25.3 Å². The molecule has 2 amide bonds. The van der Waals surface area contributed by atoms with E-state index in [2.05, 4.69) is 30.6 Å². The van der Waals surface area contributed by atoms with Crippen LogP contribution in [0.2, 0.25) is 0 Å². The van der Waals surface area contributed by atoms with Gasteiger partial charge in [-0.3, -0.25) is 38.7 Å². The van der Waals surface area contributed by atoms with Crippen LogP contribution in [0.15, 0.2) is 10.3 Å². The van der Waals surface area contributed by atoms with Crippen LogP contribution in [0.25, 0.3) is 0 Å². The first-order valence-corrected chi connectivity index (χ1v) is 19.3. The molecule has 0 aromatic heterocycles. The molecule has 0 aliphatic carbocycles. The number of hydrogen-bond donors (Lipinski definition) is 15. The van der Waals surface area contributed by atoms with E-state index in [1.165, 1.54) is 4.90 Å². The SMILES string of the molecule is O=C(O)CN(CCN(CC(=O)O)CC(=O)NCCOC(=O)CO/N=C\[C@H](O)[C@H](O)[C@@H](O)[C@H](O)CO)CCN(CC(=O)O)CC(=O)NCCOC(=O)CO/N=C/[C@H](O)[C@H](O)[C@@H](O)[C@H](O)CO. The van der Waals surface area contributed by atoms with Crippen molar-refractivity contribution < 1.29 is 119 Å². The predicted octanol–water partition coefficient (Wildman–Crippen LogP) is -10.7. The van der Waals surface area contributed by atoms with Gasteiger partial charge in [0.05, 0.1) is 71.5 Å². The van der Waals surface area contributed by atoms with Gasteiger partial charge in [-0.05, 0) is 0 Å². The summed E-state index contributed by atoms with van der Waals surface area (Å²) in [6, 6.07) is 0. The standard InChI is InChI=1S/C34H59N7O24/c42-16-22(46)33(60)31(58)20(44)9-37-64-18-29(56)62-7-1-35-24(48)11-40(14-27(52)53)5-3-39(13-26(50)51)4-6-41(15-28(54)55)12-25(49)36-2-8-63-30(57)19-65-38-10-21(45)32(59)34(61)23(47)17-43/h9-10,20-23,31-34,42-47,58-61H,1-8,11-19H2,(H,35,48)(H,36,49)(H,50,51)(H,52,53)(H,54,55)/b37-9-,38-10+/t20-,21-,22+,23+,31-,32-,33-,34-/m0/s1. The van der Waals surface area contributed by atoms with E-state index in [0.717, 1.165) is 9.80 Å². The van der Waals surface area contributed by atoms with Crippen LogP contribution < -0.4 is 10.6 Å². The lowest BCUT2D eigenvalue weighted by Gasteiger charge is -2.28. The van der Waals surface area contributed by atoms with Crippen LogP contribution in [-0.4, -0.2) is 296 Å². The van der Waals surface area contributed by atoms with Crippen LogP contribution in [-0.2, 0) is 52.7 Å². The van der Waals surface area contributed by atoms with Crippen LogP contribution in [0.1, 0.15) is 0 Å². The fraction of sp³-hybridized carbons (Fsp3) is 0.735. The molecule has 0 spiro atoms. The number of nitrogens with zero attached hydrogens (tertiary/aromatic N) is 5. The van der Waals surface area contributed by atoms with Crippen molar-refractivity contribution in [3.63, 3.8) is 0 Å². The summed E-state index contributed by atoms with van der Waals surface area (Å²) in [5.74, 6) is -7.36. The maximum atomic E-state index is 12.5. The second-order valence-electron chi connectivity index (χ2n) is 13.5. The van der Waals surface area contributed by atoms with Crippen molar-refractivity contribution in [2.45, 2.75) is 48.8 Å². The van der Waals surface area contributed by atoms with E-state index in [9.17, 15) is 89.7 Å². The maximum Gasteiger partial charge on any atom is 0.347 e. The first-order valence-electron chi connectivity index (χ1n) is 19.3. The van der Waals surface area contributed by atoms with Crippen LogP contribution >= 0.6 is 0 Å². The van der Waals surface area contributed by atoms with Crippen LogP contribution in [0, 0.1) is 0 Å². The lowest BCUT2D eigenvalue weighted by Crippen LogP contribution is -2.47. The third-order valence-electron chi connectivity index (χ3n) is 8.15. The fourth-order valence-electron chi connectivity index (χ4n) is 4.79. The Morgan fingerprint density at radius 1 is 0.492 bits per heavy atom. The number of carboxylic acid groups (broad SMARTS) is 3. The smallest absolute Gasteiger partial charge is 0.347 e. The molecule has 0 fully saturated rings. The highest BCUT2D eigenvalue weighted by Gasteiger charge is 2.30. The predicted molar refractivity (Wildman–Crippen MR) is 211 cm³/mol. The highest BCUT2D eigenvalue weighted by Crippen LogP contribution is 2.05. The number of carbonyl (C=O) groups is 7. The van der Waals surface area contributed by atoms with E-state index in [0.29, 0.717) is 12.4 Å². The number of esters is 2. The van der Waals surface area contributed by atoms with Gasteiger partial charge in [0.25, 0.3) is 0 Å². The molecule has 8 atom stereocenters. The molecular weight excluding hydrogens is 890 g/mol. The number of carboxylic acids is 3. The number of ether oxygens (including phenoxy) is 2. The molecule has 31 heteroatoms. The van der Waals surface area contributed by atoms with Gasteiger partial charge in [-0.1, -0.05) is 10.3 Å². The number of oxime groups is 2. The zero-order chi connectivity index (χ0) is 49.5. The van der Waals surface area contributed by atoms with E-state index in [4.69, 9.17) is 19.7 Å². The van der Waals surface area contributed by atoms with E-state index < -0.39 is 150 Å². The Bertz CT molecular complexity index is 1410. The number of carbonyl (C=O) groups excluding carboxylic acids is 4. The molecule has 0 radical (unpaired) electrons. The number of hydrogen-bond acceptors (Lipinski definition) is 26. The molecule has 31 nitrogen and oxygen atoms in total. The summed E-state index contributed by atoms with van der Waals surface area (Å²) < 4.78 is 9.66. The van der Waals surface area contributed by atoms with Crippen LogP contribution in [0.3, 0.4) is 0 Å². The van der Waals surface area contributed by atoms with Crippen molar-refractivity contribution in [3.05, 3.63) is 0 Å². The number of aliphatic carboxylic acids is 3. The minimum Gasteiger partial charge on any atom is -0.480 e. The van der Waals surface area contributed by atoms with Gasteiger partial charge >= 0.3 is 29.8 Å². The van der Waals surface area contributed by atoms with Crippen molar-refractivity contribution in [2.24, 2.45) is 10.3 Å². The molecule has 0 aliphatic heterocycles. The van der Waals surface area contributed by atoms with Crippen molar-refractivity contribution >= 4 is 54.1 Å². The molecule has 15 N–H and O–H groups in total. The van der Waals surface area contributed by atoms with Gasteiger partial charge in [-0.25, -0.2) is 9.59 Å². The normalized spacial score (nSPS) is 15.5. The van der Waals surface area contributed by atoms with Gasteiger partial charge in [-0.15, -0.1) is 0 Å². The van der Waals surface area contributed by atoms with E-state index in [1.807, 2.05) is 0 Å². The molecule has 0 aromatic carbocycles. The average molecular weight is 950 g/mol. The summed E-state index contributed by atoms with van der Waals surface area (Å²) in [5.41, 5.74) is 0. The summed E-state index contributed by atoms with van der Waals surface area (Å²) in [5, 5.41) is 133. The molecule has 65 heavy (non-hydrogen) atoms. The quantitative estimate of drug-likeness (QED) is 0.0118. The Labute approximate surface area is 369 Å². The molecule has 0 rings (SSSR count). The molecule has 0 aromatic rings. The first-order chi connectivity index (χ1) is 30.6. The van der Waals surface area contributed by atoms with Crippen LogP contribution in [0.5, 0.6) is 0 Å². The van der Waals surface area contributed by atoms with Gasteiger partial charge in [0.1, 0.15) is 62.0 Å². The number of nitrogens with one attached hydrogen (secondary N) is 2. The third-order valence-corrected chi connectivity index (χ3v) is 8.15. The van der Waals surface area contributed by atoms with Gasteiger partial charge in [0.15, 0.2) is 0 Å². The number of aliphatic hydroxyl groups is 10. The molecule has 0 aliphatic rings. The Kier molecular flexibility index (Phi) is 31.3. The lowest BCUT2D eigenvalue weighted by atomic mass is 10.0. The summed E-state index contributed by atoms with van der Waals surface area (Å²) >= 11 is 0. The Morgan fingerprint density at radius 3 is 1.14 bits per heavy atom. The van der Waals surface area contributed by atoms with Gasteiger partial charge in [0.2, 0.25) is 25.0 Å². The highest BCUT2D eigenvalue weighted by atomic mass is 16.7. The second-order valence-corrected chi connectivity index (χ2v) is 13.5. The van der Waals surface area contributed by atoms with Crippen molar-refractivity contribution in [1.29, 1.82) is 0 Å². The van der Waals surface area contributed by atoms with E-state index in [-0.39, 0.29) is 52.5 Å². The summed E-state index contributed by atoms with van der Waals surface area (Å²) in [6.45, 7) is -8.15. The first kappa shape index (κ1) is 59.7. The minimum atomic E-state index is -1.95. The monoisotopic (exact) mass is 949 g/mol. The topological polar surface area (TPSA) is 478 Å². The van der Waals surface area contributed by atoms with E-state index in [1.54, 1.807) is 0 Å². The lowest BCUT2D eigenvalue weighted by molar-refractivity contribution is -0.149. The number of aliphatic hydroxyl groups excluding tert-OH is 10. The number of amides is 2. The molecular formula is C34H59N7O24. The zero-order valence-electron chi connectivity index (χ0n) is 34.8. The largest absolute Gasteiger partial charge is 0.480 e. The Hall–Kier alpha value is -5.29. The molecule has 0 heterocycles. The Balaban J connectivity index is 4.90. The number of rotatable bonds is 38. The summed E-state index contributed by atoms with van der Waals surface area (Å²) in [4.78, 5) is 96.1. The maximum absolute atomic E-state index is 12.5. The molecule has 0 saturated carbocycles. The summed E-state index contributed by atoms with van der Waals surface area (Å²) in [6.07, 6.45) is -13.8. The summed E-state index contributed by atoms with van der Waals surface area (Å²) in [7, 11) is 0. The Morgan fingerprint density at radius 2 is 0.815 bits per heavy atom. The second kappa shape index (κ2) is 34.1. The van der Waals surface area contributed by atoms with E-state index >= 15 is 0 Å². The average Bonchev–Trinajstić information content (AvgIpc) is 3.25. The molecule has 0 bridgehead atoms. The zero-order valence-corrected chi connectivity index (χ0v) is 34.8. The van der Waals surface area contributed by atoms with Gasteiger partial charge in [0, 0.05) is 26.2 Å². The molecule has 0 unspecified atom stereocenters. The van der Waals surface area contributed by atoms with Crippen LogP contribution in [0.4, 0.5) is 0 Å². The molecule has 0 saturated heterocycles. The fourth-order valence-corrected chi connectivity index (χ4v) is 4.79. The van der Waals surface area contributed by atoms with Gasteiger partial charge in [-0.2, -0.15) is 0 Å². The minimum absolute atomic E-state index is 0.137. The van der Waals surface area contributed by atoms with Gasteiger partial charge < -0.3 is 96.2 Å².